The number of rotatable bonds is 5. The molecule has 2 fully saturated rings. The highest BCUT2D eigenvalue weighted by atomic mass is 16.5. The summed E-state index contributed by atoms with van der Waals surface area (Å²) < 4.78 is 11.0. The Morgan fingerprint density at radius 2 is 1.86 bits per heavy atom. The summed E-state index contributed by atoms with van der Waals surface area (Å²) in [6.45, 7) is 2.48. The normalized spacial score (nSPS) is 29.3. The van der Waals surface area contributed by atoms with Gasteiger partial charge in [-0.1, -0.05) is 0 Å². The van der Waals surface area contributed by atoms with E-state index in [4.69, 9.17) is 9.47 Å². The van der Waals surface area contributed by atoms with Crippen LogP contribution >= 0.6 is 0 Å². The quantitative estimate of drug-likeness (QED) is 0.868. The summed E-state index contributed by atoms with van der Waals surface area (Å²) in [5.74, 6) is -1.89. The Kier molecular flexibility index (Phi) is 4.02. The maximum absolute atomic E-state index is 12.4. The van der Waals surface area contributed by atoms with Gasteiger partial charge < -0.3 is 19.9 Å². The number of nitrogens with one attached hydrogen (secondary N) is 1. The van der Waals surface area contributed by atoms with E-state index in [1.165, 1.54) is 0 Å². The molecule has 0 saturated carbocycles. The van der Waals surface area contributed by atoms with Crippen LogP contribution in [0.15, 0.2) is 24.3 Å². The second-order valence-electron chi connectivity index (χ2n) is 5.63. The highest BCUT2D eigenvalue weighted by molar-refractivity contribution is 5.96. The molecule has 3 rings (SSSR count). The predicted molar refractivity (Wildman–Crippen MR) is 78.8 cm³/mol. The maximum Gasteiger partial charge on any atom is 0.310 e. The van der Waals surface area contributed by atoms with E-state index in [1.807, 2.05) is 6.92 Å². The molecule has 0 aliphatic carbocycles. The van der Waals surface area contributed by atoms with Gasteiger partial charge in [0.15, 0.2) is 0 Å². The molecule has 0 aromatic heterocycles. The van der Waals surface area contributed by atoms with Crippen molar-refractivity contribution < 1.29 is 24.2 Å². The third kappa shape index (κ3) is 2.66. The second-order valence-corrected chi connectivity index (χ2v) is 5.63. The van der Waals surface area contributed by atoms with Crippen LogP contribution in [-0.2, 0) is 14.3 Å². The monoisotopic (exact) mass is 305 g/mol. The number of aliphatic carboxylic acids is 1. The number of ether oxygens (including phenoxy) is 2. The number of carboxylic acids is 1. The Morgan fingerprint density at radius 3 is 2.45 bits per heavy atom. The van der Waals surface area contributed by atoms with E-state index in [-0.39, 0.29) is 18.1 Å². The molecular weight excluding hydrogens is 286 g/mol. The fourth-order valence-corrected chi connectivity index (χ4v) is 3.35. The first-order valence-electron chi connectivity index (χ1n) is 7.52. The van der Waals surface area contributed by atoms with E-state index >= 15 is 0 Å². The van der Waals surface area contributed by atoms with Crippen LogP contribution in [0.3, 0.4) is 0 Å². The van der Waals surface area contributed by atoms with Crippen LogP contribution in [0, 0.1) is 11.8 Å². The summed E-state index contributed by atoms with van der Waals surface area (Å²) in [4.78, 5) is 23.8. The van der Waals surface area contributed by atoms with Crippen LogP contribution in [-0.4, -0.2) is 35.8 Å². The molecule has 1 amide bonds. The molecule has 2 heterocycles. The molecule has 6 nitrogen and oxygen atoms in total. The molecule has 1 aromatic rings. The fourth-order valence-electron chi connectivity index (χ4n) is 3.35. The van der Waals surface area contributed by atoms with Crippen LogP contribution in [0.5, 0.6) is 5.75 Å². The van der Waals surface area contributed by atoms with Gasteiger partial charge in [0.2, 0.25) is 5.91 Å². The molecule has 2 bridgehead atoms. The number of anilines is 1. The van der Waals surface area contributed by atoms with Crippen molar-refractivity contribution in [2.45, 2.75) is 32.0 Å². The second kappa shape index (κ2) is 5.96. The minimum Gasteiger partial charge on any atom is -0.494 e. The number of hydrogen-bond acceptors (Lipinski definition) is 4. The molecule has 0 unspecified atom stereocenters. The molecule has 2 aliphatic rings. The number of carboxylic acid groups (broad SMARTS) is 1. The van der Waals surface area contributed by atoms with Crippen LogP contribution in [0.2, 0.25) is 0 Å². The summed E-state index contributed by atoms with van der Waals surface area (Å²) in [5, 5.41) is 12.1. The molecule has 2 N–H and O–H groups in total. The van der Waals surface area contributed by atoms with Crippen LogP contribution in [0.25, 0.3) is 0 Å². The molecule has 2 saturated heterocycles. The van der Waals surface area contributed by atoms with Gasteiger partial charge in [0, 0.05) is 5.69 Å². The van der Waals surface area contributed by atoms with Gasteiger partial charge in [-0.25, -0.2) is 0 Å². The van der Waals surface area contributed by atoms with E-state index in [0.29, 0.717) is 18.7 Å². The van der Waals surface area contributed by atoms with Crippen molar-refractivity contribution in [3.05, 3.63) is 24.3 Å². The van der Waals surface area contributed by atoms with Gasteiger partial charge >= 0.3 is 5.97 Å². The van der Waals surface area contributed by atoms with Gasteiger partial charge in [0.25, 0.3) is 0 Å². The topological polar surface area (TPSA) is 84.9 Å². The summed E-state index contributed by atoms with van der Waals surface area (Å²) >= 11 is 0. The van der Waals surface area contributed by atoms with Crippen LogP contribution in [0.4, 0.5) is 5.69 Å². The third-order valence-corrected chi connectivity index (χ3v) is 4.29. The minimum atomic E-state index is -0.959. The van der Waals surface area contributed by atoms with Gasteiger partial charge in [-0.2, -0.15) is 0 Å². The smallest absolute Gasteiger partial charge is 0.310 e. The van der Waals surface area contributed by atoms with Crippen molar-refractivity contribution in [1.82, 2.24) is 0 Å². The van der Waals surface area contributed by atoms with Gasteiger partial charge in [-0.15, -0.1) is 0 Å². The first-order valence-corrected chi connectivity index (χ1v) is 7.52. The predicted octanol–water partition coefficient (Wildman–Crippen LogP) is 1.90. The number of hydrogen-bond donors (Lipinski definition) is 2. The first-order chi connectivity index (χ1) is 10.6. The Bertz CT molecular complexity index is 570. The number of benzene rings is 1. The number of fused-ring (bicyclic) bond motifs is 2. The van der Waals surface area contributed by atoms with Crippen molar-refractivity contribution in [1.29, 1.82) is 0 Å². The molecule has 4 atom stereocenters. The van der Waals surface area contributed by atoms with E-state index in [1.54, 1.807) is 24.3 Å². The number of amides is 1. The van der Waals surface area contributed by atoms with Crippen molar-refractivity contribution in [3.63, 3.8) is 0 Å². The lowest BCUT2D eigenvalue weighted by molar-refractivity contribution is -0.147. The average Bonchev–Trinajstić information content (AvgIpc) is 3.10. The van der Waals surface area contributed by atoms with Gasteiger partial charge in [0.1, 0.15) is 5.75 Å². The molecule has 1 aromatic carbocycles. The largest absolute Gasteiger partial charge is 0.494 e. The molecular formula is C16H19NO5. The standard InChI is InChI=1S/C16H19NO5/c1-2-21-10-5-3-9(4-6-10)17-15(18)13-11-7-8-12(22-11)14(13)16(19)20/h3-6,11-14H,2,7-8H2,1H3,(H,17,18)(H,19,20)/t11-,12-,13+,14-/m0/s1. The van der Waals surface area contributed by atoms with E-state index < -0.39 is 17.8 Å². The van der Waals surface area contributed by atoms with Crippen molar-refractivity contribution in [3.8, 4) is 5.75 Å². The highest BCUT2D eigenvalue weighted by Crippen LogP contribution is 2.44. The zero-order chi connectivity index (χ0) is 15.7. The van der Waals surface area contributed by atoms with E-state index in [2.05, 4.69) is 5.32 Å². The lowest BCUT2D eigenvalue weighted by Crippen LogP contribution is -2.40. The first kappa shape index (κ1) is 14.8. The van der Waals surface area contributed by atoms with Crippen molar-refractivity contribution in [2.24, 2.45) is 11.8 Å². The van der Waals surface area contributed by atoms with E-state index in [9.17, 15) is 14.7 Å². The van der Waals surface area contributed by atoms with Crippen LogP contribution < -0.4 is 10.1 Å². The van der Waals surface area contributed by atoms with Gasteiger partial charge in [-0.05, 0) is 44.0 Å². The zero-order valence-electron chi connectivity index (χ0n) is 12.3. The van der Waals surface area contributed by atoms with Crippen molar-refractivity contribution in [2.75, 3.05) is 11.9 Å². The summed E-state index contributed by atoms with van der Waals surface area (Å²) in [5.41, 5.74) is 0.625. The Labute approximate surface area is 128 Å². The fraction of sp³-hybridized carbons (Fsp3) is 0.500. The Hall–Kier alpha value is -2.08. The number of carbonyl (C=O) groups excluding carboxylic acids is 1. The average molecular weight is 305 g/mol. The molecule has 2 aliphatic heterocycles. The molecule has 0 spiro atoms. The van der Waals surface area contributed by atoms with Gasteiger partial charge in [-0.3, -0.25) is 9.59 Å². The van der Waals surface area contributed by atoms with Crippen molar-refractivity contribution >= 4 is 17.6 Å². The Morgan fingerprint density at radius 1 is 1.23 bits per heavy atom. The number of carbonyl (C=O) groups is 2. The molecule has 118 valence electrons. The third-order valence-electron chi connectivity index (χ3n) is 4.29. The SMILES string of the molecule is CCOc1ccc(NC(=O)[C@H]2[C@@H](C(=O)O)[C@@H]3CC[C@@H]2O3)cc1. The van der Waals surface area contributed by atoms with Gasteiger partial charge in [0.05, 0.1) is 30.7 Å². The van der Waals surface area contributed by atoms with Crippen LogP contribution in [0.1, 0.15) is 19.8 Å². The zero-order valence-corrected chi connectivity index (χ0v) is 12.3. The summed E-state index contributed by atoms with van der Waals surface area (Å²) in [7, 11) is 0. The highest BCUT2D eigenvalue weighted by Gasteiger charge is 2.55. The maximum atomic E-state index is 12.4. The molecule has 22 heavy (non-hydrogen) atoms. The molecule has 0 radical (unpaired) electrons. The lowest BCUT2D eigenvalue weighted by Gasteiger charge is -2.23. The van der Waals surface area contributed by atoms with E-state index in [0.717, 1.165) is 12.2 Å². The minimum absolute atomic E-state index is 0.284. The summed E-state index contributed by atoms with van der Waals surface area (Å²) in [6, 6.07) is 7.02. The molecule has 6 heteroatoms. The summed E-state index contributed by atoms with van der Waals surface area (Å²) in [6.07, 6.45) is 0.844. The lowest BCUT2D eigenvalue weighted by atomic mass is 9.78. The Balaban J connectivity index is 1.69.